The van der Waals surface area contributed by atoms with Crippen molar-refractivity contribution in [2.75, 3.05) is 34.7 Å². The molecule has 2 aromatic heterocycles. The number of aryl methyl sites for hydroxylation is 2. The maximum absolute atomic E-state index is 11.2. The fraction of sp³-hybridized carbons (Fsp3) is 0.235. The Hall–Kier alpha value is -5.38. The van der Waals surface area contributed by atoms with Gasteiger partial charge in [-0.15, -0.1) is 0 Å². The van der Waals surface area contributed by atoms with E-state index in [1.165, 1.54) is 13.8 Å². The van der Waals surface area contributed by atoms with E-state index in [2.05, 4.69) is 79.0 Å². The molecule has 2 aromatic carbocycles. The first-order valence-corrected chi connectivity index (χ1v) is 14.5. The van der Waals surface area contributed by atoms with E-state index in [9.17, 15) is 9.59 Å². The summed E-state index contributed by atoms with van der Waals surface area (Å²) in [7, 11) is 3.79. The van der Waals surface area contributed by atoms with Gasteiger partial charge in [0.2, 0.25) is 11.8 Å². The molecule has 10 heteroatoms. The summed E-state index contributed by atoms with van der Waals surface area (Å²) >= 11 is 0. The Labute approximate surface area is 259 Å². The number of unbranched alkanes of at least 4 members (excludes halogenated alkanes) is 1. The van der Waals surface area contributed by atoms with Crippen molar-refractivity contribution in [3.8, 4) is 0 Å². The molecule has 2 heterocycles. The first-order valence-electron chi connectivity index (χ1n) is 14.5. The van der Waals surface area contributed by atoms with Crippen molar-refractivity contribution in [1.29, 1.82) is 0 Å². The van der Waals surface area contributed by atoms with Crippen molar-refractivity contribution in [2.45, 2.75) is 39.8 Å². The zero-order chi connectivity index (χ0) is 31.3. The summed E-state index contributed by atoms with van der Waals surface area (Å²) in [5, 5.41) is 18.2. The number of amides is 2. The van der Waals surface area contributed by atoms with Crippen molar-refractivity contribution >= 4 is 47.0 Å². The molecule has 0 saturated carbocycles. The van der Waals surface area contributed by atoms with Crippen LogP contribution in [0.5, 0.6) is 0 Å². The summed E-state index contributed by atoms with van der Waals surface area (Å²) in [4.78, 5) is 22.4. The predicted molar refractivity (Wildman–Crippen MR) is 176 cm³/mol. The van der Waals surface area contributed by atoms with E-state index < -0.39 is 0 Å². The lowest BCUT2D eigenvalue weighted by molar-refractivity contribution is -0.708. The smallest absolute Gasteiger partial charge is 0.221 e. The Kier molecular flexibility index (Phi) is 11.3. The lowest BCUT2D eigenvalue weighted by Gasteiger charge is -2.13. The van der Waals surface area contributed by atoms with Gasteiger partial charge in [-0.3, -0.25) is 19.6 Å². The third-order valence-electron chi connectivity index (χ3n) is 6.80. The molecule has 0 fully saturated rings. The molecule has 0 bridgehead atoms. The Morgan fingerprint density at radius 2 is 0.955 bits per heavy atom. The van der Waals surface area contributed by atoms with Gasteiger partial charge in [-0.2, -0.15) is 10.2 Å². The van der Waals surface area contributed by atoms with E-state index >= 15 is 0 Å². The number of benzene rings is 2. The van der Waals surface area contributed by atoms with Crippen LogP contribution in [0.15, 0.2) is 108 Å². The molecule has 0 atom stereocenters. The van der Waals surface area contributed by atoms with Gasteiger partial charge in [-0.05, 0) is 48.5 Å². The first-order chi connectivity index (χ1) is 21.2. The van der Waals surface area contributed by atoms with Gasteiger partial charge in [0.05, 0.1) is 23.8 Å². The van der Waals surface area contributed by atoms with E-state index in [1.54, 1.807) is 10.0 Å². The third kappa shape index (κ3) is 10.2. The number of aromatic nitrogens is 2. The van der Waals surface area contributed by atoms with Gasteiger partial charge in [-0.25, -0.2) is 9.13 Å². The summed E-state index contributed by atoms with van der Waals surface area (Å²) in [6.45, 7) is 4.88. The number of hydrazone groups is 2. The minimum absolute atomic E-state index is 0.0906. The lowest BCUT2D eigenvalue weighted by atomic mass is 10.2. The summed E-state index contributed by atoms with van der Waals surface area (Å²) in [6, 6.07) is 23.3. The van der Waals surface area contributed by atoms with Gasteiger partial charge >= 0.3 is 0 Å². The number of pyridine rings is 2. The highest BCUT2D eigenvalue weighted by Gasteiger charge is 2.06. The molecule has 0 aliphatic rings. The molecule has 0 aliphatic heterocycles. The number of carbonyl (C=O) groups is 2. The van der Waals surface area contributed by atoms with Crippen molar-refractivity contribution < 1.29 is 18.7 Å². The molecule has 0 aliphatic carbocycles. The molecule has 4 aromatic rings. The van der Waals surface area contributed by atoms with Gasteiger partial charge in [0, 0.05) is 87.6 Å². The van der Waals surface area contributed by atoms with Gasteiger partial charge in [0.25, 0.3) is 0 Å². The second kappa shape index (κ2) is 15.7. The zero-order valence-electron chi connectivity index (χ0n) is 25.7. The van der Waals surface area contributed by atoms with Crippen LogP contribution in [0.25, 0.3) is 0 Å². The molecule has 10 nitrogen and oxygen atoms in total. The van der Waals surface area contributed by atoms with E-state index in [0.717, 1.165) is 59.8 Å². The number of rotatable bonds is 13. The number of hydrogen-bond donors (Lipinski definition) is 2. The van der Waals surface area contributed by atoms with Crippen LogP contribution < -0.4 is 29.8 Å². The van der Waals surface area contributed by atoms with Crippen molar-refractivity contribution in [3.63, 3.8) is 0 Å². The van der Waals surface area contributed by atoms with E-state index in [0.29, 0.717) is 0 Å². The number of anilines is 4. The summed E-state index contributed by atoms with van der Waals surface area (Å²) in [5.74, 6) is -0.181. The fourth-order valence-electron chi connectivity index (χ4n) is 4.36. The number of nitrogens with one attached hydrogen (secondary N) is 2. The van der Waals surface area contributed by atoms with Crippen LogP contribution in [0.4, 0.5) is 22.7 Å². The highest BCUT2D eigenvalue weighted by molar-refractivity contribution is 5.89. The van der Waals surface area contributed by atoms with Gasteiger partial charge in [-0.1, -0.05) is 0 Å². The molecule has 4 rings (SSSR count). The molecule has 226 valence electrons. The minimum atomic E-state index is -0.0906. The minimum Gasteiger partial charge on any atom is -0.326 e. The van der Waals surface area contributed by atoms with Gasteiger partial charge < -0.3 is 10.6 Å². The molecule has 44 heavy (non-hydrogen) atoms. The lowest BCUT2D eigenvalue weighted by Crippen LogP contribution is -2.35. The van der Waals surface area contributed by atoms with E-state index in [-0.39, 0.29) is 11.8 Å². The molecule has 0 saturated heterocycles. The number of hydrogen-bond acceptors (Lipinski definition) is 6. The Balaban J connectivity index is 1.17. The fourth-order valence-corrected chi connectivity index (χ4v) is 4.36. The number of nitrogens with zero attached hydrogens (tertiary/aromatic N) is 6. The summed E-state index contributed by atoms with van der Waals surface area (Å²) < 4.78 is 4.38. The summed E-state index contributed by atoms with van der Waals surface area (Å²) in [6.07, 6.45) is 14.1. The first kappa shape index (κ1) is 31.6. The average molecular weight is 593 g/mol. The molecule has 0 radical (unpaired) electrons. The van der Waals surface area contributed by atoms with Crippen LogP contribution in [-0.2, 0) is 22.7 Å². The Morgan fingerprint density at radius 1 is 0.614 bits per heavy atom. The van der Waals surface area contributed by atoms with Crippen molar-refractivity contribution in [2.24, 2.45) is 10.2 Å². The highest BCUT2D eigenvalue weighted by atomic mass is 16.2. The average Bonchev–Trinajstić information content (AvgIpc) is 3.02. The maximum Gasteiger partial charge on any atom is 0.221 e. The second-order valence-electron chi connectivity index (χ2n) is 10.4. The standard InChI is InChI=1S/C34H38N8O2/c1-27(43)37-31-7-11-33(12-8-31)39(3)35-25-29-15-21-41(22-16-29)19-5-6-20-42-23-17-30(18-24-42)26-36-40(4)34-13-9-32(10-14-34)38-28(2)44/h7-18,21-26H,5-6,19-20H2,1-4H3/p+2. The Morgan fingerprint density at radius 3 is 1.27 bits per heavy atom. The van der Waals surface area contributed by atoms with Gasteiger partial charge in [0.1, 0.15) is 13.1 Å². The molecule has 2 N–H and O–H groups in total. The van der Waals surface area contributed by atoms with Crippen molar-refractivity contribution in [3.05, 3.63) is 109 Å². The monoisotopic (exact) mass is 592 g/mol. The second-order valence-corrected chi connectivity index (χ2v) is 10.4. The van der Waals surface area contributed by atoms with Crippen LogP contribution in [-0.4, -0.2) is 38.3 Å². The SMILES string of the molecule is CC(=O)Nc1ccc(N(C)/N=C/c2cc[n+](CCCC[n+]3ccc(/C=N/N(C)c4ccc(NC(C)=O)cc4)cc3)cc2)cc1. The molecular weight excluding hydrogens is 552 g/mol. The molecule has 2 amide bonds. The largest absolute Gasteiger partial charge is 0.326 e. The van der Waals surface area contributed by atoms with E-state index in [4.69, 9.17) is 0 Å². The zero-order valence-corrected chi connectivity index (χ0v) is 25.7. The van der Waals surface area contributed by atoms with Crippen molar-refractivity contribution in [1.82, 2.24) is 0 Å². The topological polar surface area (TPSA) is 97.2 Å². The maximum atomic E-state index is 11.2. The van der Waals surface area contributed by atoms with E-state index in [1.807, 2.05) is 75.1 Å². The Bertz CT molecular complexity index is 1450. The number of carbonyl (C=O) groups excluding carboxylic acids is 2. The molecular formula is C34H40N8O2+2. The quantitative estimate of drug-likeness (QED) is 0.103. The van der Waals surface area contributed by atoms with Crippen LogP contribution >= 0.6 is 0 Å². The highest BCUT2D eigenvalue weighted by Crippen LogP contribution is 2.18. The van der Waals surface area contributed by atoms with Crippen LogP contribution in [0, 0.1) is 0 Å². The van der Waals surface area contributed by atoms with Gasteiger partial charge in [0.15, 0.2) is 24.8 Å². The van der Waals surface area contributed by atoms with Crippen LogP contribution in [0.1, 0.15) is 37.8 Å². The van der Waals surface area contributed by atoms with Crippen LogP contribution in [0.3, 0.4) is 0 Å². The predicted octanol–water partition coefficient (Wildman–Crippen LogP) is 4.60. The third-order valence-corrected chi connectivity index (χ3v) is 6.80. The molecule has 0 spiro atoms. The molecule has 0 unspecified atom stereocenters. The normalized spacial score (nSPS) is 11.1. The summed E-state index contributed by atoms with van der Waals surface area (Å²) in [5.41, 5.74) is 5.42. The van der Waals surface area contributed by atoms with Crippen LogP contribution in [0.2, 0.25) is 0 Å².